The molecule has 0 spiro atoms. The molecule has 0 bridgehead atoms. The molecule has 5 heteroatoms. The number of hydrogen-bond donors (Lipinski definition) is 1. The molecule has 1 aromatic carbocycles. The molecule has 0 fully saturated rings. The Labute approximate surface area is 106 Å². The van der Waals surface area contributed by atoms with Gasteiger partial charge in [-0.1, -0.05) is 18.2 Å². The molecular weight excluding hydrogens is 226 g/mol. The second kappa shape index (κ2) is 4.42. The van der Waals surface area contributed by atoms with Crippen molar-refractivity contribution in [3.05, 3.63) is 42.0 Å². The summed E-state index contributed by atoms with van der Waals surface area (Å²) in [4.78, 5) is 2.32. The number of fused-ring (bicyclic) bond motifs is 1. The van der Waals surface area contributed by atoms with Gasteiger partial charge in [-0.05, 0) is 18.6 Å². The minimum absolute atomic E-state index is 0.0426. The topological polar surface area (TPSA) is 60.0 Å². The van der Waals surface area contributed by atoms with E-state index in [-0.39, 0.29) is 6.04 Å². The molecule has 0 amide bonds. The van der Waals surface area contributed by atoms with Crippen molar-refractivity contribution in [2.75, 3.05) is 11.4 Å². The molecule has 1 aliphatic heterocycles. The van der Waals surface area contributed by atoms with E-state index in [2.05, 4.69) is 37.9 Å². The highest BCUT2D eigenvalue weighted by Gasteiger charge is 2.20. The van der Waals surface area contributed by atoms with Crippen LogP contribution in [0, 0.1) is 0 Å². The lowest BCUT2D eigenvalue weighted by Crippen LogP contribution is -2.34. The van der Waals surface area contributed by atoms with Gasteiger partial charge in [0.25, 0.3) is 0 Å². The lowest BCUT2D eigenvalue weighted by Gasteiger charge is -2.31. The van der Waals surface area contributed by atoms with Gasteiger partial charge < -0.3 is 15.2 Å². The van der Waals surface area contributed by atoms with Crippen LogP contribution in [0.15, 0.2) is 30.6 Å². The summed E-state index contributed by atoms with van der Waals surface area (Å²) in [7, 11) is 0. The first-order chi connectivity index (χ1) is 8.75. The summed E-state index contributed by atoms with van der Waals surface area (Å²) in [5, 5.41) is 8.10. The lowest BCUT2D eigenvalue weighted by molar-refractivity contribution is 0.557. The van der Waals surface area contributed by atoms with E-state index >= 15 is 0 Å². The minimum atomic E-state index is 0.0426. The van der Waals surface area contributed by atoms with E-state index in [1.54, 1.807) is 6.33 Å². The van der Waals surface area contributed by atoms with Gasteiger partial charge in [-0.3, -0.25) is 0 Å². The van der Waals surface area contributed by atoms with E-state index in [0.29, 0.717) is 0 Å². The zero-order valence-corrected chi connectivity index (χ0v) is 10.5. The average Bonchev–Trinajstić information content (AvgIpc) is 2.85. The van der Waals surface area contributed by atoms with Gasteiger partial charge in [0, 0.05) is 24.8 Å². The summed E-state index contributed by atoms with van der Waals surface area (Å²) in [6.07, 6.45) is 1.80. The molecule has 1 atom stereocenters. The maximum absolute atomic E-state index is 6.04. The fourth-order valence-corrected chi connectivity index (χ4v) is 2.43. The number of nitrogens with two attached hydrogens (primary N) is 1. The molecule has 1 aliphatic rings. The van der Waals surface area contributed by atoms with Crippen LogP contribution in [0.4, 0.5) is 5.69 Å². The van der Waals surface area contributed by atoms with Crippen LogP contribution in [0.5, 0.6) is 0 Å². The fourth-order valence-electron chi connectivity index (χ4n) is 2.43. The largest absolute Gasteiger partial charge is 0.362 e. The molecule has 94 valence electrons. The molecule has 0 saturated heterocycles. The molecule has 2 aromatic rings. The van der Waals surface area contributed by atoms with Crippen LogP contribution in [0.2, 0.25) is 0 Å². The summed E-state index contributed by atoms with van der Waals surface area (Å²) in [6.45, 7) is 4.71. The van der Waals surface area contributed by atoms with E-state index in [0.717, 1.165) is 25.5 Å². The van der Waals surface area contributed by atoms with Crippen LogP contribution in [-0.4, -0.2) is 21.3 Å². The van der Waals surface area contributed by atoms with E-state index in [1.165, 1.54) is 11.3 Å². The molecule has 5 nitrogen and oxygen atoms in total. The van der Waals surface area contributed by atoms with Crippen molar-refractivity contribution in [2.45, 2.75) is 26.1 Å². The zero-order valence-electron chi connectivity index (χ0n) is 10.5. The van der Waals surface area contributed by atoms with Gasteiger partial charge in [-0.25, -0.2) is 0 Å². The van der Waals surface area contributed by atoms with Gasteiger partial charge in [0.05, 0.1) is 6.54 Å². The van der Waals surface area contributed by atoms with Gasteiger partial charge in [0.1, 0.15) is 6.33 Å². The first-order valence-corrected chi connectivity index (χ1v) is 6.22. The first kappa shape index (κ1) is 11.2. The van der Waals surface area contributed by atoms with Gasteiger partial charge in [0.15, 0.2) is 5.82 Å². The fraction of sp³-hybridized carbons (Fsp3) is 0.385. The average molecular weight is 243 g/mol. The molecule has 2 heterocycles. The van der Waals surface area contributed by atoms with E-state index < -0.39 is 0 Å². The van der Waals surface area contributed by atoms with E-state index in [1.807, 2.05) is 13.0 Å². The number of para-hydroxylation sites is 1. The Bertz CT molecular complexity index is 546. The van der Waals surface area contributed by atoms with Crippen LogP contribution in [0.1, 0.15) is 24.4 Å². The zero-order chi connectivity index (χ0) is 12.5. The number of nitrogens with zero attached hydrogens (tertiary/aromatic N) is 4. The van der Waals surface area contributed by atoms with Crippen LogP contribution in [0.25, 0.3) is 0 Å². The molecule has 0 radical (unpaired) electrons. The highest BCUT2D eigenvalue weighted by atomic mass is 15.3. The Morgan fingerprint density at radius 3 is 2.94 bits per heavy atom. The lowest BCUT2D eigenvalue weighted by atomic mass is 10.1. The molecule has 18 heavy (non-hydrogen) atoms. The van der Waals surface area contributed by atoms with Crippen molar-refractivity contribution in [1.82, 2.24) is 14.8 Å². The third kappa shape index (κ3) is 1.86. The molecule has 0 aliphatic carbocycles. The number of benzene rings is 1. The first-order valence-electron chi connectivity index (χ1n) is 6.22. The number of aromatic nitrogens is 3. The van der Waals surface area contributed by atoms with Crippen molar-refractivity contribution in [3.63, 3.8) is 0 Å². The second-order valence-electron chi connectivity index (χ2n) is 4.71. The van der Waals surface area contributed by atoms with Gasteiger partial charge in [0.2, 0.25) is 0 Å². The maximum Gasteiger partial charge on any atom is 0.152 e. The second-order valence-corrected chi connectivity index (χ2v) is 4.71. The van der Waals surface area contributed by atoms with Crippen LogP contribution in [-0.2, 0) is 13.1 Å². The Morgan fingerprint density at radius 1 is 1.28 bits per heavy atom. The number of rotatable bonds is 2. The molecule has 1 aromatic heterocycles. The molecule has 2 N–H and O–H groups in total. The van der Waals surface area contributed by atoms with Crippen LogP contribution in [0.3, 0.4) is 0 Å². The van der Waals surface area contributed by atoms with Gasteiger partial charge >= 0.3 is 0 Å². The maximum atomic E-state index is 6.04. The summed E-state index contributed by atoms with van der Waals surface area (Å²) in [6, 6.07) is 8.36. The third-order valence-electron chi connectivity index (χ3n) is 3.41. The number of anilines is 1. The summed E-state index contributed by atoms with van der Waals surface area (Å²) in [5.74, 6) is 1.01. The molecule has 0 saturated carbocycles. The predicted octanol–water partition coefficient (Wildman–Crippen LogP) is 1.32. The molecular formula is C13H17N5. The Balaban J connectivity index is 1.93. The monoisotopic (exact) mass is 243 g/mol. The highest BCUT2D eigenvalue weighted by Crippen LogP contribution is 2.27. The number of hydrogen-bond acceptors (Lipinski definition) is 4. The Kier molecular flexibility index (Phi) is 2.76. The van der Waals surface area contributed by atoms with Crippen LogP contribution >= 0.6 is 0 Å². The van der Waals surface area contributed by atoms with Gasteiger partial charge in [-0.15, -0.1) is 10.2 Å². The van der Waals surface area contributed by atoms with Crippen molar-refractivity contribution in [2.24, 2.45) is 5.73 Å². The quantitative estimate of drug-likeness (QED) is 0.864. The molecule has 0 unspecified atom stereocenters. The van der Waals surface area contributed by atoms with E-state index in [4.69, 9.17) is 5.73 Å². The van der Waals surface area contributed by atoms with E-state index in [9.17, 15) is 0 Å². The Morgan fingerprint density at radius 2 is 2.11 bits per heavy atom. The van der Waals surface area contributed by atoms with Crippen LogP contribution < -0.4 is 10.6 Å². The summed E-state index contributed by atoms with van der Waals surface area (Å²) < 4.78 is 2.10. The normalized spacial score (nSPS) is 16.4. The SMILES string of the molecule is C[C@H](N)c1ccccc1N1CCn2cnnc2C1. The van der Waals surface area contributed by atoms with Gasteiger partial charge in [-0.2, -0.15) is 0 Å². The Hall–Kier alpha value is -1.88. The third-order valence-corrected chi connectivity index (χ3v) is 3.41. The molecule has 3 rings (SSSR count). The minimum Gasteiger partial charge on any atom is -0.362 e. The van der Waals surface area contributed by atoms with Crippen molar-refractivity contribution in [1.29, 1.82) is 0 Å². The summed E-state index contributed by atoms with van der Waals surface area (Å²) in [5.41, 5.74) is 8.43. The van der Waals surface area contributed by atoms with Crippen molar-refractivity contribution >= 4 is 5.69 Å². The summed E-state index contributed by atoms with van der Waals surface area (Å²) >= 11 is 0. The predicted molar refractivity (Wildman–Crippen MR) is 70.1 cm³/mol. The highest BCUT2D eigenvalue weighted by molar-refractivity contribution is 5.55. The van der Waals surface area contributed by atoms with Crippen molar-refractivity contribution in [3.8, 4) is 0 Å². The smallest absolute Gasteiger partial charge is 0.152 e. The standard InChI is InChI=1S/C13H17N5/c1-10(14)11-4-2-3-5-12(11)17-6-7-18-9-15-16-13(18)8-17/h2-5,9-10H,6-8,14H2,1H3/t10-/m0/s1. The van der Waals surface area contributed by atoms with Crippen molar-refractivity contribution < 1.29 is 0 Å².